The quantitative estimate of drug-likeness (QED) is 0.340. The van der Waals surface area contributed by atoms with Crippen LogP contribution in [0.3, 0.4) is 0 Å². The average Bonchev–Trinajstić information content (AvgIpc) is 3.26. The number of ether oxygens (including phenoxy) is 1. The van der Waals surface area contributed by atoms with Gasteiger partial charge in [0.2, 0.25) is 5.91 Å². The number of nitrogens with zero attached hydrogens (tertiary/aromatic N) is 1. The highest BCUT2D eigenvalue weighted by molar-refractivity contribution is 8.00. The minimum Gasteiger partial charge on any atom is -0.392 e. The molecule has 10 unspecified atom stereocenters. The minimum atomic E-state index is -0.430. The second-order valence-corrected chi connectivity index (χ2v) is 13.8. The number of aliphatic hydroxyl groups is 1. The van der Waals surface area contributed by atoms with Gasteiger partial charge in [-0.3, -0.25) is 20.3 Å². The Morgan fingerprint density at radius 3 is 2.86 bits per heavy atom. The fourth-order valence-electron chi connectivity index (χ4n) is 7.98. The van der Waals surface area contributed by atoms with Crippen LogP contribution < -0.4 is 21.3 Å². The fraction of sp³-hybridized carbons (Fsp3) is 0.963. The summed E-state index contributed by atoms with van der Waals surface area (Å²) in [5.41, 5.74) is 0.430. The number of aliphatic hydroxyl groups excluding tert-OH is 1. The monoisotopic (exact) mass is 523 g/mol. The van der Waals surface area contributed by atoms with Gasteiger partial charge in [0, 0.05) is 56.0 Å². The van der Waals surface area contributed by atoms with Gasteiger partial charge in [-0.2, -0.15) is 0 Å². The molecule has 3 aliphatic heterocycles. The Bertz CT molecular complexity index is 749. The number of carbonyl (C=O) groups excluding carboxylic acids is 1. The van der Waals surface area contributed by atoms with Crippen LogP contribution >= 0.6 is 11.8 Å². The van der Waals surface area contributed by atoms with Crippen LogP contribution in [0, 0.1) is 29.1 Å². The molecular formula is C27H49N5O3S. The summed E-state index contributed by atoms with van der Waals surface area (Å²) in [6.07, 6.45) is 5.23. The maximum absolute atomic E-state index is 13.1. The van der Waals surface area contributed by atoms with Gasteiger partial charge >= 0.3 is 0 Å². The van der Waals surface area contributed by atoms with Crippen molar-refractivity contribution in [3.8, 4) is 0 Å². The molecule has 10 atom stereocenters. The topological polar surface area (TPSA) is 97.9 Å². The van der Waals surface area contributed by atoms with E-state index in [0.717, 1.165) is 65.2 Å². The summed E-state index contributed by atoms with van der Waals surface area (Å²) in [5, 5.41) is 26.7. The minimum absolute atomic E-state index is 0.0294. The first kappa shape index (κ1) is 27.2. The highest BCUT2D eigenvalue weighted by Gasteiger charge is 2.58. The zero-order valence-corrected chi connectivity index (χ0v) is 23.3. The Balaban J connectivity index is 1.16. The molecule has 0 spiro atoms. The van der Waals surface area contributed by atoms with Gasteiger partial charge in [-0.1, -0.05) is 20.8 Å². The molecule has 1 amide bonds. The SMILES string of the molecule is CC(C(=O)NCCN1CCOCC1)C1CCC2(C)CC3SC(NC4CCCNC4)NC3C(C)C2C1O. The summed E-state index contributed by atoms with van der Waals surface area (Å²) >= 11 is 2.07. The van der Waals surface area contributed by atoms with Crippen molar-refractivity contribution in [2.24, 2.45) is 29.1 Å². The van der Waals surface area contributed by atoms with Crippen molar-refractivity contribution in [3.05, 3.63) is 0 Å². The molecule has 2 aliphatic carbocycles. The van der Waals surface area contributed by atoms with Gasteiger partial charge < -0.3 is 20.5 Å². The van der Waals surface area contributed by atoms with Crippen molar-refractivity contribution in [2.75, 3.05) is 52.5 Å². The number of thioether (sulfide) groups is 1. The third kappa shape index (κ3) is 5.77. The van der Waals surface area contributed by atoms with Crippen LogP contribution in [0.1, 0.15) is 52.9 Å². The van der Waals surface area contributed by atoms with Crippen LogP contribution in [-0.4, -0.2) is 97.3 Å². The zero-order chi connectivity index (χ0) is 25.3. The number of hydrogen-bond acceptors (Lipinski definition) is 8. The molecule has 5 fully saturated rings. The van der Waals surface area contributed by atoms with Gasteiger partial charge in [0.15, 0.2) is 0 Å². The smallest absolute Gasteiger partial charge is 0.223 e. The lowest BCUT2D eigenvalue weighted by Gasteiger charge is -2.57. The van der Waals surface area contributed by atoms with E-state index in [-0.39, 0.29) is 29.1 Å². The van der Waals surface area contributed by atoms with Crippen molar-refractivity contribution in [3.63, 3.8) is 0 Å². The molecule has 8 nitrogen and oxygen atoms in total. The number of hydrogen-bond donors (Lipinski definition) is 5. The number of nitrogens with one attached hydrogen (secondary N) is 4. The van der Waals surface area contributed by atoms with Crippen LogP contribution in [0.2, 0.25) is 0 Å². The predicted molar refractivity (Wildman–Crippen MR) is 145 cm³/mol. The second-order valence-electron chi connectivity index (χ2n) is 12.4. The van der Waals surface area contributed by atoms with E-state index in [1.807, 2.05) is 6.92 Å². The van der Waals surface area contributed by atoms with E-state index >= 15 is 0 Å². The number of carbonyl (C=O) groups is 1. The molecule has 0 aromatic rings. The van der Waals surface area contributed by atoms with Gasteiger partial charge in [0.05, 0.1) is 19.3 Å². The van der Waals surface area contributed by atoms with E-state index in [9.17, 15) is 9.90 Å². The van der Waals surface area contributed by atoms with E-state index < -0.39 is 6.10 Å². The van der Waals surface area contributed by atoms with E-state index in [0.29, 0.717) is 35.3 Å². The summed E-state index contributed by atoms with van der Waals surface area (Å²) in [6, 6.07) is 0.947. The largest absolute Gasteiger partial charge is 0.392 e. The summed E-state index contributed by atoms with van der Waals surface area (Å²) in [5.74, 6) is 0.563. The Morgan fingerprint density at radius 2 is 2.11 bits per heavy atom. The Kier molecular flexibility index (Phi) is 8.87. The van der Waals surface area contributed by atoms with Gasteiger partial charge in [-0.15, -0.1) is 11.8 Å². The third-order valence-corrected chi connectivity index (χ3v) is 11.4. The third-order valence-electron chi connectivity index (χ3n) is 10.1. The number of fused-ring (bicyclic) bond motifs is 2. The molecule has 0 aromatic carbocycles. The van der Waals surface area contributed by atoms with E-state index in [1.165, 1.54) is 12.8 Å². The number of rotatable bonds is 7. The van der Waals surface area contributed by atoms with Gasteiger partial charge in [0.25, 0.3) is 0 Å². The Morgan fingerprint density at radius 1 is 1.31 bits per heavy atom. The van der Waals surface area contributed by atoms with E-state index in [1.54, 1.807) is 0 Å². The van der Waals surface area contributed by atoms with Crippen molar-refractivity contribution >= 4 is 17.7 Å². The molecule has 5 N–H and O–H groups in total. The van der Waals surface area contributed by atoms with Crippen LogP contribution in [0.25, 0.3) is 0 Å². The van der Waals surface area contributed by atoms with Crippen molar-refractivity contribution in [1.29, 1.82) is 0 Å². The Labute approximate surface area is 221 Å². The standard InChI is InChI=1S/C27H49N5O3S/c1-17(25(34)29-9-10-32-11-13-35-14-12-32)20-6-7-27(3)15-21-23(18(2)22(27)24(20)33)31-26(36-21)30-19-5-4-8-28-16-19/h17-24,26,28,30-31,33H,4-16H2,1-3H3,(H,29,34). The van der Waals surface area contributed by atoms with E-state index in [2.05, 4.69) is 51.8 Å². The van der Waals surface area contributed by atoms with Gasteiger partial charge in [-0.05, 0) is 61.8 Å². The van der Waals surface area contributed by atoms with Crippen LogP contribution in [0.4, 0.5) is 0 Å². The maximum atomic E-state index is 13.1. The molecule has 0 bridgehead atoms. The average molecular weight is 524 g/mol. The fourth-order valence-corrected chi connectivity index (χ4v) is 9.81. The number of piperidine rings is 1. The lowest BCUT2D eigenvalue weighted by Crippen LogP contribution is -2.60. The highest BCUT2D eigenvalue weighted by atomic mass is 32.2. The molecular weight excluding hydrogens is 474 g/mol. The molecule has 3 heterocycles. The van der Waals surface area contributed by atoms with Crippen molar-refractivity contribution in [1.82, 2.24) is 26.2 Å². The van der Waals surface area contributed by atoms with E-state index in [4.69, 9.17) is 4.74 Å². The van der Waals surface area contributed by atoms with Crippen LogP contribution in [0.15, 0.2) is 0 Å². The molecule has 5 rings (SSSR count). The second kappa shape index (κ2) is 11.8. The number of morpholine rings is 1. The first-order chi connectivity index (χ1) is 17.4. The van der Waals surface area contributed by atoms with Gasteiger partial charge in [0.1, 0.15) is 5.50 Å². The molecule has 5 aliphatic rings. The predicted octanol–water partition coefficient (Wildman–Crippen LogP) is 1.20. The molecule has 9 heteroatoms. The molecule has 2 saturated carbocycles. The Hall–Kier alpha value is -0.420. The zero-order valence-electron chi connectivity index (χ0n) is 22.5. The highest BCUT2D eigenvalue weighted by Crippen LogP contribution is 2.58. The van der Waals surface area contributed by atoms with Crippen LogP contribution in [-0.2, 0) is 9.53 Å². The number of amides is 1. The lowest BCUT2D eigenvalue weighted by atomic mass is 9.51. The molecule has 206 valence electrons. The van der Waals surface area contributed by atoms with Crippen molar-refractivity contribution < 1.29 is 14.6 Å². The summed E-state index contributed by atoms with van der Waals surface area (Å²) < 4.78 is 5.41. The summed E-state index contributed by atoms with van der Waals surface area (Å²) in [7, 11) is 0. The molecule has 36 heavy (non-hydrogen) atoms. The van der Waals surface area contributed by atoms with Crippen molar-refractivity contribution in [2.45, 2.75) is 81.8 Å². The summed E-state index contributed by atoms with van der Waals surface area (Å²) in [4.78, 5) is 15.4. The molecule has 0 radical (unpaired) electrons. The molecule has 0 aromatic heterocycles. The van der Waals surface area contributed by atoms with Gasteiger partial charge in [-0.25, -0.2) is 0 Å². The normalized spacial score (nSPS) is 44.4. The maximum Gasteiger partial charge on any atom is 0.223 e. The molecule has 3 saturated heterocycles. The summed E-state index contributed by atoms with van der Waals surface area (Å²) in [6.45, 7) is 13.9. The first-order valence-electron chi connectivity index (χ1n) is 14.5. The first-order valence-corrected chi connectivity index (χ1v) is 15.4. The van der Waals surface area contributed by atoms with Crippen LogP contribution in [0.5, 0.6) is 0 Å². The lowest BCUT2D eigenvalue weighted by molar-refractivity contribution is -0.141.